The highest BCUT2D eigenvalue weighted by Crippen LogP contribution is 2.51. The Morgan fingerprint density at radius 2 is 1.32 bits per heavy atom. The molecule has 8 rings (SSSR count). The number of aromatic nitrogens is 1. The first kappa shape index (κ1) is 24.1. The lowest BCUT2D eigenvalue weighted by molar-refractivity contribution is 0.660. The summed E-state index contributed by atoms with van der Waals surface area (Å²) in [6, 6.07) is 48.2. The molecule has 0 spiro atoms. The van der Waals surface area contributed by atoms with Crippen molar-refractivity contribution in [2.75, 3.05) is 4.90 Å². The summed E-state index contributed by atoms with van der Waals surface area (Å²) < 4.78 is 1.18. The lowest BCUT2D eigenvalue weighted by Crippen LogP contribution is -2.16. The molecular formula is C38H28N2S. The Kier molecular flexibility index (Phi) is 5.38. The highest BCUT2D eigenvalue weighted by molar-refractivity contribution is 7.21. The zero-order valence-electron chi connectivity index (χ0n) is 23.0. The van der Waals surface area contributed by atoms with E-state index in [1.165, 1.54) is 43.4 Å². The summed E-state index contributed by atoms with van der Waals surface area (Å²) in [6.45, 7) is 4.69. The molecule has 0 aliphatic heterocycles. The third-order valence-corrected chi connectivity index (χ3v) is 9.55. The Hall–Kier alpha value is -4.73. The second-order valence-electron chi connectivity index (χ2n) is 11.3. The van der Waals surface area contributed by atoms with Crippen molar-refractivity contribution >= 4 is 49.4 Å². The maximum Gasteiger partial charge on any atom is 0.124 e. The molecule has 6 aromatic carbocycles. The lowest BCUT2D eigenvalue weighted by atomic mass is 9.82. The number of fused-ring (bicyclic) bond motifs is 5. The Morgan fingerprint density at radius 3 is 2.22 bits per heavy atom. The normalized spacial score (nSPS) is 13.3. The average Bonchev–Trinajstić information content (AvgIpc) is 3.54. The van der Waals surface area contributed by atoms with E-state index in [9.17, 15) is 0 Å². The van der Waals surface area contributed by atoms with Gasteiger partial charge in [-0.05, 0) is 64.0 Å². The molecular weight excluding hydrogens is 516 g/mol. The van der Waals surface area contributed by atoms with Gasteiger partial charge in [0.05, 0.1) is 15.9 Å². The van der Waals surface area contributed by atoms with Crippen molar-refractivity contribution in [2.45, 2.75) is 19.3 Å². The van der Waals surface area contributed by atoms with Crippen molar-refractivity contribution in [3.05, 3.63) is 145 Å². The largest absolute Gasteiger partial charge is 0.310 e. The van der Waals surface area contributed by atoms with Crippen LogP contribution in [0.3, 0.4) is 0 Å². The van der Waals surface area contributed by atoms with Crippen LogP contribution in [0.5, 0.6) is 0 Å². The molecule has 0 amide bonds. The first-order valence-corrected chi connectivity index (χ1v) is 14.9. The third kappa shape index (κ3) is 3.81. The smallest absolute Gasteiger partial charge is 0.124 e. The Bertz CT molecular complexity index is 2080. The maximum atomic E-state index is 4.97. The molecule has 1 heterocycles. The second-order valence-corrected chi connectivity index (χ2v) is 12.3. The molecule has 1 aromatic heterocycles. The van der Waals surface area contributed by atoms with Crippen LogP contribution in [0, 0.1) is 0 Å². The molecule has 0 saturated heterocycles. The van der Waals surface area contributed by atoms with Gasteiger partial charge in [0.2, 0.25) is 0 Å². The SMILES string of the molecule is CC1(C)c2ccccc2-c2ccc(N(c3ccc4nc(-c5ccccc5)sc4c3)c3cccc4ccccc34)cc21. The van der Waals surface area contributed by atoms with Crippen molar-refractivity contribution in [3.8, 4) is 21.7 Å². The Balaban J connectivity index is 1.34. The second kappa shape index (κ2) is 9.15. The van der Waals surface area contributed by atoms with Crippen LogP contribution in [0.15, 0.2) is 133 Å². The molecule has 0 unspecified atom stereocenters. The number of benzene rings is 6. The molecule has 3 heteroatoms. The van der Waals surface area contributed by atoms with Crippen LogP contribution < -0.4 is 4.90 Å². The summed E-state index contributed by atoms with van der Waals surface area (Å²) in [5.74, 6) is 0. The number of hydrogen-bond donors (Lipinski definition) is 0. The molecule has 0 N–H and O–H groups in total. The monoisotopic (exact) mass is 544 g/mol. The van der Waals surface area contributed by atoms with Crippen molar-refractivity contribution in [2.24, 2.45) is 0 Å². The van der Waals surface area contributed by atoms with Gasteiger partial charge in [0, 0.05) is 27.7 Å². The minimum absolute atomic E-state index is 0.0709. The van der Waals surface area contributed by atoms with Crippen LogP contribution in [0.2, 0.25) is 0 Å². The quantitative estimate of drug-likeness (QED) is 0.219. The fourth-order valence-corrected chi connectivity index (χ4v) is 7.42. The van der Waals surface area contributed by atoms with Crippen LogP contribution in [0.25, 0.3) is 42.7 Å². The molecule has 0 atom stereocenters. The Morgan fingerprint density at radius 1 is 0.610 bits per heavy atom. The first-order valence-electron chi connectivity index (χ1n) is 14.1. The molecule has 41 heavy (non-hydrogen) atoms. The van der Waals surface area contributed by atoms with Gasteiger partial charge in [-0.15, -0.1) is 11.3 Å². The van der Waals surface area contributed by atoms with Crippen molar-refractivity contribution in [1.82, 2.24) is 4.98 Å². The number of anilines is 3. The molecule has 0 saturated carbocycles. The number of nitrogens with zero attached hydrogens (tertiary/aromatic N) is 2. The zero-order chi connectivity index (χ0) is 27.6. The van der Waals surface area contributed by atoms with Gasteiger partial charge in [0.15, 0.2) is 0 Å². The molecule has 0 radical (unpaired) electrons. The summed E-state index contributed by atoms with van der Waals surface area (Å²) >= 11 is 1.75. The van der Waals surface area contributed by atoms with Crippen molar-refractivity contribution < 1.29 is 0 Å². The van der Waals surface area contributed by atoms with Gasteiger partial charge >= 0.3 is 0 Å². The molecule has 0 fully saturated rings. The van der Waals surface area contributed by atoms with Gasteiger partial charge in [0.25, 0.3) is 0 Å². The van der Waals surface area contributed by atoms with Crippen LogP contribution >= 0.6 is 11.3 Å². The molecule has 2 nitrogen and oxygen atoms in total. The van der Waals surface area contributed by atoms with Gasteiger partial charge < -0.3 is 4.90 Å². The minimum Gasteiger partial charge on any atom is -0.310 e. The highest BCUT2D eigenvalue weighted by atomic mass is 32.1. The fourth-order valence-electron chi connectivity index (χ4n) is 6.42. The molecule has 196 valence electrons. The van der Waals surface area contributed by atoms with Gasteiger partial charge in [-0.25, -0.2) is 4.98 Å². The van der Waals surface area contributed by atoms with E-state index in [1.54, 1.807) is 11.3 Å². The summed E-state index contributed by atoms with van der Waals surface area (Å²) in [7, 11) is 0. The van der Waals surface area contributed by atoms with Gasteiger partial charge in [-0.3, -0.25) is 0 Å². The Labute approximate surface area is 244 Å². The van der Waals surface area contributed by atoms with E-state index in [0.717, 1.165) is 27.5 Å². The summed E-state index contributed by atoms with van der Waals surface area (Å²) in [5.41, 5.74) is 11.0. The van der Waals surface area contributed by atoms with Gasteiger partial charge in [-0.1, -0.05) is 111 Å². The number of hydrogen-bond acceptors (Lipinski definition) is 3. The highest BCUT2D eigenvalue weighted by Gasteiger charge is 2.35. The van der Waals surface area contributed by atoms with Crippen LogP contribution in [-0.2, 0) is 5.41 Å². The van der Waals surface area contributed by atoms with E-state index in [-0.39, 0.29) is 5.41 Å². The van der Waals surface area contributed by atoms with Gasteiger partial charge in [-0.2, -0.15) is 0 Å². The van der Waals surface area contributed by atoms with E-state index in [2.05, 4.69) is 146 Å². The maximum absolute atomic E-state index is 4.97. The lowest BCUT2D eigenvalue weighted by Gasteiger charge is -2.29. The van der Waals surface area contributed by atoms with Crippen molar-refractivity contribution in [3.63, 3.8) is 0 Å². The summed E-state index contributed by atoms with van der Waals surface area (Å²) in [5, 5.41) is 3.51. The standard InChI is InChI=1S/C38H28N2S/c1-38(2)32-17-9-8-16-30(32)31-21-19-27(23-33(31)38)40(35-18-10-14-25-11-6-7-15-29(25)35)28-20-22-34-36(24-28)41-37(39-34)26-12-4-3-5-13-26/h3-24H,1-2H3. The van der Waals surface area contributed by atoms with Crippen LogP contribution in [0.1, 0.15) is 25.0 Å². The number of rotatable bonds is 4. The predicted molar refractivity (Wildman–Crippen MR) is 175 cm³/mol. The minimum atomic E-state index is -0.0709. The van der Waals surface area contributed by atoms with E-state index in [1.807, 2.05) is 6.07 Å². The zero-order valence-corrected chi connectivity index (χ0v) is 23.8. The van der Waals surface area contributed by atoms with Crippen molar-refractivity contribution in [1.29, 1.82) is 0 Å². The van der Waals surface area contributed by atoms with Crippen LogP contribution in [-0.4, -0.2) is 4.98 Å². The van der Waals surface area contributed by atoms with E-state index < -0.39 is 0 Å². The fraction of sp³-hybridized carbons (Fsp3) is 0.0789. The molecule has 0 bridgehead atoms. The first-order chi connectivity index (χ1) is 20.1. The van der Waals surface area contributed by atoms with E-state index in [0.29, 0.717) is 0 Å². The van der Waals surface area contributed by atoms with Gasteiger partial charge in [0.1, 0.15) is 5.01 Å². The predicted octanol–water partition coefficient (Wildman–Crippen LogP) is 10.9. The van der Waals surface area contributed by atoms with E-state index in [4.69, 9.17) is 4.98 Å². The number of thiazole rings is 1. The van der Waals surface area contributed by atoms with Crippen LogP contribution in [0.4, 0.5) is 17.1 Å². The molecule has 7 aromatic rings. The average molecular weight is 545 g/mol. The molecule has 1 aliphatic rings. The third-order valence-electron chi connectivity index (χ3n) is 8.48. The van der Waals surface area contributed by atoms with E-state index >= 15 is 0 Å². The summed E-state index contributed by atoms with van der Waals surface area (Å²) in [4.78, 5) is 7.39. The summed E-state index contributed by atoms with van der Waals surface area (Å²) in [6.07, 6.45) is 0. The topological polar surface area (TPSA) is 16.1 Å². The molecule has 1 aliphatic carbocycles.